The average molecular weight is 315 g/mol. The van der Waals surface area contributed by atoms with Crippen molar-refractivity contribution in [2.45, 2.75) is 32.0 Å². The minimum atomic E-state index is -0.338. The molecule has 1 aromatic heterocycles. The van der Waals surface area contributed by atoms with E-state index >= 15 is 0 Å². The number of rotatable bonds is 5. The maximum Gasteiger partial charge on any atom is 0.234 e. The van der Waals surface area contributed by atoms with Crippen molar-refractivity contribution in [1.82, 2.24) is 9.88 Å². The molecule has 0 saturated carbocycles. The van der Waals surface area contributed by atoms with E-state index in [4.69, 9.17) is 14.9 Å². The van der Waals surface area contributed by atoms with E-state index in [2.05, 4.69) is 4.98 Å². The van der Waals surface area contributed by atoms with E-state index in [1.54, 1.807) is 13.3 Å². The number of carbonyl (C=O) groups is 1. The van der Waals surface area contributed by atoms with E-state index in [1.807, 2.05) is 36.1 Å². The molecule has 6 heteroatoms. The number of hydrogen-bond acceptors (Lipinski definition) is 5. The van der Waals surface area contributed by atoms with Gasteiger partial charge in [0.15, 0.2) is 5.76 Å². The van der Waals surface area contributed by atoms with Crippen molar-refractivity contribution in [3.05, 3.63) is 41.9 Å². The maximum atomic E-state index is 11.6. The summed E-state index contributed by atoms with van der Waals surface area (Å²) < 4.78 is 11.2. The van der Waals surface area contributed by atoms with E-state index in [-0.39, 0.29) is 18.1 Å². The Morgan fingerprint density at radius 1 is 1.43 bits per heavy atom. The molecule has 1 fully saturated rings. The monoisotopic (exact) mass is 315 g/mol. The maximum absolute atomic E-state index is 11.6. The number of amides is 1. The number of hydrogen-bond donors (Lipinski definition) is 1. The second kappa shape index (κ2) is 6.52. The second-order valence-electron chi connectivity index (χ2n) is 5.93. The summed E-state index contributed by atoms with van der Waals surface area (Å²) in [5.41, 5.74) is 7.66. The van der Waals surface area contributed by atoms with Gasteiger partial charge in [0.2, 0.25) is 11.8 Å². The van der Waals surface area contributed by atoms with Gasteiger partial charge in [-0.3, -0.25) is 9.69 Å². The molecule has 0 bridgehead atoms. The first-order valence-corrected chi connectivity index (χ1v) is 7.64. The highest BCUT2D eigenvalue weighted by molar-refractivity contribution is 5.80. The van der Waals surface area contributed by atoms with Crippen LogP contribution in [0.1, 0.15) is 17.9 Å². The van der Waals surface area contributed by atoms with Crippen LogP contribution < -0.4 is 5.73 Å². The first kappa shape index (κ1) is 15.7. The van der Waals surface area contributed by atoms with Crippen LogP contribution in [0.4, 0.5) is 0 Å². The van der Waals surface area contributed by atoms with Crippen LogP contribution in [0.25, 0.3) is 11.3 Å². The molecule has 1 saturated heterocycles. The molecule has 0 unspecified atom stereocenters. The van der Waals surface area contributed by atoms with Gasteiger partial charge in [-0.25, -0.2) is 4.98 Å². The van der Waals surface area contributed by atoms with Gasteiger partial charge >= 0.3 is 0 Å². The summed E-state index contributed by atoms with van der Waals surface area (Å²) in [5.74, 6) is 0.955. The number of aryl methyl sites for hydroxylation is 1. The number of likely N-dealkylation sites (tertiary alicyclic amines) is 1. The van der Waals surface area contributed by atoms with Crippen LogP contribution in [-0.4, -0.2) is 41.6 Å². The highest BCUT2D eigenvalue weighted by Gasteiger charge is 2.36. The van der Waals surface area contributed by atoms with Gasteiger partial charge in [0.05, 0.1) is 24.9 Å². The van der Waals surface area contributed by atoms with Crippen molar-refractivity contribution >= 4 is 5.91 Å². The lowest BCUT2D eigenvalue weighted by atomic mass is 10.1. The fraction of sp³-hybridized carbons (Fsp3) is 0.412. The average Bonchev–Trinajstić information content (AvgIpc) is 3.15. The van der Waals surface area contributed by atoms with Crippen LogP contribution in [-0.2, 0) is 16.1 Å². The normalized spacial score (nSPS) is 21.7. The van der Waals surface area contributed by atoms with Gasteiger partial charge in [0, 0.05) is 19.2 Å². The van der Waals surface area contributed by atoms with Crippen molar-refractivity contribution in [2.24, 2.45) is 5.73 Å². The Morgan fingerprint density at radius 2 is 2.17 bits per heavy atom. The van der Waals surface area contributed by atoms with E-state index in [0.717, 1.165) is 11.3 Å². The second-order valence-corrected chi connectivity index (χ2v) is 5.93. The Balaban J connectivity index is 1.73. The van der Waals surface area contributed by atoms with Gasteiger partial charge in [-0.1, -0.05) is 29.8 Å². The van der Waals surface area contributed by atoms with E-state index in [1.165, 1.54) is 5.56 Å². The van der Waals surface area contributed by atoms with Crippen molar-refractivity contribution in [3.63, 3.8) is 0 Å². The Hall–Kier alpha value is -2.18. The number of carbonyl (C=O) groups excluding carboxylic acids is 1. The molecule has 2 aromatic rings. The molecule has 6 nitrogen and oxygen atoms in total. The van der Waals surface area contributed by atoms with Gasteiger partial charge in [-0.2, -0.15) is 0 Å². The number of benzene rings is 1. The van der Waals surface area contributed by atoms with Crippen molar-refractivity contribution in [2.75, 3.05) is 13.7 Å². The lowest BCUT2D eigenvalue weighted by Crippen LogP contribution is -2.39. The number of ether oxygens (including phenoxy) is 1. The highest BCUT2D eigenvalue weighted by atomic mass is 16.5. The molecule has 0 aliphatic carbocycles. The molecule has 1 aliphatic rings. The predicted octanol–water partition coefficient (Wildman–Crippen LogP) is 1.72. The number of nitrogens with two attached hydrogens (primary N) is 1. The predicted molar refractivity (Wildman–Crippen MR) is 85.5 cm³/mol. The largest absolute Gasteiger partial charge is 0.439 e. The summed E-state index contributed by atoms with van der Waals surface area (Å²) in [6.07, 6.45) is 2.33. The van der Waals surface area contributed by atoms with Gasteiger partial charge < -0.3 is 14.9 Å². The quantitative estimate of drug-likeness (QED) is 0.908. The summed E-state index contributed by atoms with van der Waals surface area (Å²) >= 11 is 0. The minimum Gasteiger partial charge on any atom is -0.439 e. The lowest BCUT2D eigenvalue weighted by molar-refractivity contribution is -0.122. The molecule has 0 spiro atoms. The van der Waals surface area contributed by atoms with E-state index < -0.39 is 0 Å². The summed E-state index contributed by atoms with van der Waals surface area (Å²) in [5, 5.41) is 0. The summed E-state index contributed by atoms with van der Waals surface area (Å²) in [7, 11) is 1.65. The van der Waals surface area contributed by atoms with Crippen molar-refractivity contribution in [1.29, 1.82) is 0 Å². The first-order valence-electron chi connectivity index (χ1n) is 7.64. The van der Waals surface area contributed by atoms with Crippen molar-refractivity contribution < 1.29 is 13.9 Å². The number of oxazole rings is 1. The van der Waals surface area contributed by atoms with E-state index in [0.29, 0.717) is 25.4 Å². The molecule has 2 atom stereocenters. The van der Waals surface area contributed by atoms with Crippen LogP contribution >= 0.6 is 0 Å². The molecule has 2 heterocycles. The zero-order valence-corrected chi connectivity index (χ0v) is 13.4. The van der Waals surface area contributed by atoms with E-state index in [9.17, 15) is 4.79 Å². The van der Waals surface area contributed by atoms with Crippen LogP contribution in [0.3, 0.4) is 0 Å². The molecule has 23 heavy (non-hydrogen) atoms. The number of nitrogens with zero attached hydrogens (tertiary/aromatic N) is 2. The lowest BCUT2D eigenvalue weighted by Gasteiger charge is -2.19. The molecule has 122 valence electrons. The first-order chi connectivity index (χ1) is 11.1. The van der Waals surface area contributed by atoms with Gasteiger partial charge in [0.1, 0.15) is 0 Å². The van der Waals surface area contributed by atoms with Gasteiger partial charge in [0.25, 0.3) is 0 Å². The number of primary amides is 1. The molecule has 1 aromatic carbocycles. The molecular weight excluding hydrogens is 294 g/mol. The molecular formula is C17H21N3O3. The summed E-state index contributed by atoms with van der Waals surface area (Å²) in [6.45, 7) is 3.13. The van der Waals surface area contributed by atoms with Crippen LogP contribution in [0, 0.1) is 6.92 Å². The SMILES string of the molecule is CO[C@H]1C[C@@H](C(N)=O)N(Cc2ncc(-c3ccc(C)cc3)o2)C1. The molecule has 1 aliphatic heterocycles. The third-order valence-corrected chi connectivity index (χ3v) is 4.25. The van der Waals surface area contributed by atoms with Crippen LogP contribution in [0.2, 0.25) is 0 Å². The Morgan fingerprint density at radius 3 is 2.83 bits per heavy atom. The van der Waals surface area contributed by atoms with Crippen molar-refractivity contribution in [3.8, 4) is 11.3 Å². The standard InChI is InChI=1S/C17H21N3O3/c1-11-3-5-12(6-4-11)15-8-19-16(23-15)10-20-9-13(22-2)7-14(20)17(18)21/h3-6,8,13-14H,7,9-10H2,1-2H3,(H2,18,21)/t13-,14-/m0/s1. The minimum absolute atomic E-state index is 0.0130. The molecule has 0 radical (unpaired) electrons. The fourth-order valence-corrected chi connectivity index (χ4v) is 2.91. The Labute approximate surface area is 135 Å². The molecule has 1 amide bonds. The number of methoxy groups -OCH3 is 1. The Bertz CT molecular complexity index is 681. The third kappa shape index (κ3) is 3.43. The van der Waals surface area contributed by atoms with Crippen LogP contribution in [0.15, 0.2) is 34.9 Å². The van der Waals surface area contributed by atoms with Gasteiger partial charge in [-0.05, 0) is 13.3 Å². The van der Waals surface area contributed by atoms with Crippen LogP contribution in [0.5, 0.6) is 0 Å². The zero-order chi connectivity index (χ0) is 16.4. The topological polar surface area (TPSA) is 81.6 Å². The summed E-state index contributed by atoms with van der Waals surface area (Å²) in [4.78, 5) is 17.9. The summed E-state index contributed by atoms with van der Waals surface area (Å²) in [6, 6.07) is 7.73. The highest BCUT2D eigenvalue weighted by Crippen LogP contribution is 2.25. The third-order valence-electron chi connectivity index (χ3n) is 4.25. The smallest absolute Gasteiger partial charge is 0.234 e. The number of aromatic nitrogens is 1. The van der Waals surface area contributed by atoms with Gasteiger partial charge in [-0.15, -0.1) is 0 Å². The molecule has 3 rings (SSSR count). The Kier molecular flexibility index (Phi) is 4.45. The fourth-order valence-electron chi connectivity index (χ4n) is 2.91. The zero-order valence-electron chi connectivity index (χ0n) is 13.4. The molecule has 2 N–H and O–H groups in total.